The summed E-state index contributed by atoms with van der Waals surface area (Å²) in [7, 11) is 0. The van der Waals surface area contributed by atoms with Crippen LogP contribution in [0.2, 0.25) is 0 Å². The van der Waals surface area contributed by atoms with Gasteiger partial charge in [-0.15, -0.1) is 0 Å². The van der Waals surface area contributed by atoms with Gasteiger partial charge in [0, 0.05) is 36.7 Å². The number of allylic oxidation sites excluding steroid dienone is 3. The monoisotopic (exact) mass is 570 g/mol. The number of fused-ring (bicyclic) bond motifs is 5. The highest BCUT2D eigenvalue weighted by Crippen LogP contribution is 2.72. The van der Waals surface area contributed by atoms with E-state index in [1.165, 1.54) is 25.0 Å². The van der Waals surface area contributed by atoms with Crippen LogP contribution in [0, 0.1) is 39.4 Å². The number of rotatable bonds is 7. The van der Waals surface area contributed by atoms with Gasteiger partial charge in [0.2, 0.25) is 0 Å². The Morgan fingerprint density at radius 1 is 1.05 bits per heavy atom. The van der Waals surface area contributed by atoms with Gasteiger partial charge in [-0.2, -0.15) is 0 Å². The Bertz CT molecular complexity index is 1190. The van der Waals surface area contributed by atoms with Crippen LogP contribution in [0.15, 0.2) is 34.9 Å². The van der Waals surface area contributed by atoms with Crippen LogP contribution < -0.4 is 0 Å². The van der Waals surface area contributed by atoms with Gasteiger partial charge in [-0.25, -0.2) is 4.79 Å². The molecule has 2 N–H and O–H groups in total. The van der Waals surface area contributed by atoms with E-state index >= 15 is 0 Å². The van der Waals surface area contributed by atoms with Crippen LogP contribution in [0.3, 0.4) is 0 Å². The molecule has 4 aliphatic rings. The molecule has 2 fully saturated rings. The second-order valence-electron chi connectivity index (χ2n) is 14.5. The number of ether oxygens (including phenoxy) is 2. The van der Waals surface area contributed by atoms with Crippen LogP contribution in [0.4, 0.5) is 0 Å². The maximum atomic E-state index is 12.1. The van der Waals surface area contributed by atoms with Crippen LogP contribution in [-0.4, -0.2) is 46.4 Å². The molecule has 7 heteroatoms. The predicted octanol–water partition coefficient (Wildman–Crippen LogP) is 6.40. The molecule has 0 aromatic heterocycles. The van der Waals surface area contributed by atoms with Crippen LogP contribution in [0.25, 0.3) is 0 Å². The third-order valence-corrected chi connectivity index (χ3v) is 12.2. The summed E-state index contributed by atoms with van der Waals surface area (Å²) in [4.78, 5) is 35.4. The molecule has 0 spiro atoms. The second kappa shape index (κ2) is 10.7. The van der Waals surface area contributed by atoms with Crippen molar-refractivity contribution in [2.24, 2.45) is 39.4 Å². The van der Waals surface area contributed by atoms with Crippen LogP contribution in [-0.2, 0) is 23.9 Å². The van der Waals surface area contributed by atoms with E-state index in [0.29, 0.717) is 18.8 Å². The lowest BCUT2D eigenvalue weighted by molar-refractivity contribution is -0.165. The minimum atomic E-state index is -0.985. The largest absolute Gasteiger partial charge is 0.478 e. The molecule has 0 aromatic rings. The highest BCUT2D eigenvalue weighted by molar-refractivity contribution is 5.85. The fourth-order valence-corrected chi connectivity index (χ4v) is 9.49. The number of carbonyl (C=O) groups is 3. The summed E-state index contributed by atoms with van der Waals surface area (Å²) in [5.74, 6) is -1.32. The van der Waals surface area contributed by atoms with Gasteiger partial charge in [0.1, 0.15) is 12.2 Å². The Hall–Kier alpha value is -2.41. The number of hydrogen-bond donors (Lipinski definition) is 2. The molecule has 0 aromatic carbocycles. The van der Waals surface area contributed by atoms with Crippen molar-refractivity contribution in [3.8, 4) is 0 Å². The average Bonchev–Trinajstić information content (AvgIpc) is 3.08. The van der Waals surface area contributed by atoms with Crippen molar-refractivity contribution in [3.63, 3.8) is 0 Å². The summed E-state index contributed by atoms with van der Waals surface area (Å²) < 4.78 is 11.6. The van der Waals surface area contributed by atoms with Gasteiger partial charge in [0.05, 0.1) is 6.10 Å². The molecule has 0 bridgehead atoms. The van der Waals surface area contributed by atoms with Crippen molar-refractivity contribution in [2.45, 2.75) is 119 Å². The number of carbonyl (C=O) groups excluding carboxylic acids is 2. The first kappa shape index (κ1) is 31.5. The van der Waals surface area contributed by atoms with Crippen molar-refractivity contribution in [3.05, 3.63) is 34.9 Å². The van der Waals surface area contributed by atoms with E-state index in [9.17, 15) is 24.6 Å². The number of carboxylic acids is 1. The summed E-state index contributed by atoms with van der Waals surface area (Å²) in [5.41, 5.74) is 1.79. The third kappa shape index (κ3) is 4.90. The Morgan fingerprint density at radius 2 is 1.71 bits per heavy atom. The van der Waals surface area contributed by atoms with Crippen molar-refractivity contribution in [1.82, 2.24) is 0 Å². The maximum Gasteiger partial charge on any atom is 0.330 e. The van der Waals surface area contributed by atoms with E-state index in [1.54, 1.807) is 13.0 Å². The number of esters is 2. The zero-order valence-corrected chi connectivity index (χ0v) is 26.4. The maximum absolute atomic E-state index is 12.1. The minimum absolute atomic E-state index is 0.0609. The normalized spacial score (nSPS) is 39.2. The van der Waals surface area contributed by atoms with E-state index < -0.39 is 23.6 Å². The summed E-state index contributed by atoms with van der Waals surface area (Å²) in [6.45, 7) is 17.8. The molecule has 4 aliphatic carbocycles. The molecule has 228 valence electrons. The minimum Gasteiger partial charge on any atom is -0.478 e. The molecule has 0 heterocycles. The smallest absolute Gasteiger partial charge is 0.330 e. The molecule has 9 atom stereocenters. The molecule has 0 radical (unpaired) electrons. The molecule has 0 aliphatic heterocycles. The van der Waals surface area contributed by atoms with Crippen molar-refractivity contribution >= 4 is 17.9 Å². The Labute approximate surface area is 245 Å². The van der Waals surface area contributed by atoms with E-state index in [0.717, 1.165) is 25.7 Å². The summed E-state index contributed by atoms with van der Waals surface area (Å²) in [6.07, 6.45) is 9.56. The molecule has 0 amide bonds. The zero-order chi connectivity index (χ0) is 30.7. The van der Waals surface area contributed by atoms with Crippen molar-refractivity contribution in [1.29, 1.82) is 0 Å². The van der Waals surface area contributed by atoms with Gasteiger partial charge in [-0.05, 0) is 78.8 Å². The molecule has 41 heavy (non-hydrogen) atoms. The van der Waals surface area contributed by atoms with Gasteiger partial charge >= 0.3 is 17.9 Å². The molecule has 9 unspecified atom stereocenters. The fraction of sp³-hybridized carbons (Fsp3) is 0.735. The molecule has 7 nitrogen and oxygen atoms in total. The number of hydrogen-bond acceptors (Lipinski definition) is 6. The van der Waals surface area contributed by atoms with E-state index in [4.69, 9.17) is 9.47 Å². The third-order valence-electron chi connectivity index (χ3n) is 12.2. The summed E-state index contributed by atoms with van der Waals surface area (Å²) in [6, 6.07) is 0. The zero-order valence-electron chi connectivity index (χ0n) is 26.4. The first-order valence-corrected chi connectivity index (χ1v) is 15.3. The van der Waals surface area contributed by atoms with Gasteiger partial charge in [0.15, 0.2) is 0 Å². The van der Waals surface area contributed by atoms with Gasteiger partial charge in [0.25, 0.3) is 0 Å². The van der Waals surface area contributed by atoms with Gasteiger partial charge in [-0.1, -0.05) is 59.8 Å². The second-order valence-corrected chi connectivity index (χ2v) is 14.5. The SMILES string of the molecule is CC(=O)OC(CC=C(C)C(=O)O)C(C)C1CC(O)C2(C)C3=CCC4C(C)(CCC(OC(C)=O)C4(C)C)C3=CCC12C. The molecule has 4 rings (SSSR count). The van der Waals surface area contributed by atoms with Gasteiger partial charge in [-0.3, -0.25) is 9.59 Å². The average molecular weight is 571 g/mol. The number of aliphatic hydroxyl groups is 1. The van der Waals surface area contributed by atoms with Crippen LogP contribution >= 0.6 is 0 Å². The first-order chi connectivity index (χ1) is 18.9. The van der Waals surface area contributed by atoms with E-state index in [-0.39, 0.29) is 51.7 Å². The lowest BCUT2D eigenvalue weighted by Gasteiger charge is -2.61. The van der Waals surface area contributed by atoms with Crippen LogP contribution in [0.5, 0.6) is 0 Å². The summed E-state index contributed by atoms with van der Waals surface area (Å²) in [5, 5.41) is 21.2. The molecule has 2 saturated carbocycles. The number of carboxylic acid groups (broad SMARTS) is 1. The quantitative estimate of drug-likeness (QED) is 0.269. The van der Waals surface area contributed by atoms with Crippen LogP contribution in [0.1, 0.15) is 101 Å². The van der Waals surface area contributed by atoms with E-state index in [2.05, 4.69) is 53.7 Å². The Kier molecular flexibility index (Phi) is 8.22. The van der Waals surface area contributed by atoms with E-state index in [1.807, 2.05) is 0 Å². The Morgan fingerprint density at radius 3 is 2.29 bits per heavy atom. The summed E-state index contributed by atoms with van der Waals surface area (Å²) >= 11 is 0. The predicted molar refractivity (Wildman–Crippen MR) is 157 cm³/mol. The molecule has 0 saturated heterocycles. The standard InChI is InChI=1S/C34H50O7/c1-19(30(38)39)10-12-26(40-21(3)35)20(2)25-18-28(37)34(9)24-11-13-27-31(5,6)29(41-22(4)36)15-16-32(27,7)23(24)14-17-33(25,34)8/h10-11,14,20,25-29,37H,12-13,15-18H2,1-9H3,(H,38,39). The van der Waals surface area contributed by atoms with Crippen molar-refractivity contribution in [2.75, 3.05) is 0 Å². The number of aliphatic hydroxyl groups excluding tert-OH is 1. The first-order valence-electron chi connectivity index (χ1n) is 15.3. The van der Waals surface area contributed by atoms with Crippen molar-refractivity contribution < 1.29 is 34.1 Å². The lowest BCUT2D eigenvalue weighted by Crippen LogP contribution is -2.56. The topological polar surface area (TPSA) is 110 Å². The fourth-order valence-electron chi connectivity index (χ4n) is 9.49. The molecular weight excluding hydrogens is 520 g/mol. The number of aliphatic carboxylic acids is 1. The molecular formula is C34H50O7. The Balaban J connectivity index is 1.70. The van der Waals surface area contributed by atoms with Gasteiger partial charge < -0.3 is 19.7 Å². The highest BCUT2D eigenvalue weighted by Gasteiger charge is 2.67. The highest BCUT2D eigenvalue weighted by atomic mass is 16.5. The lowest BCUT2D eigenvalue weighted by atomic mass is 9.44.